The fourth-order valence-corrected chi connectivity index (χ4v) is 1.13. The van der Waals surface area contributed by atoms with E-state index in [1.54, 1.807) is 13.3 Å². The van der Waals surface area contributed by atoms with Crippen molar-refractivity contribution in [2.45, 2.75) is 27.7 Å². The maximum atomic E-state index is 5.06. The molecule has 0 aliphatic heterocycles. The number of nitrogens with one attached hydrogen (secondary N) is 1. The van der Waals surface area contributed by atoms with Gasteiger partial charge in [0.25, 0.3) is 0 Å². The van der Waals surface area contributed by atoms with Crippen molar-refractivity contribution in [3.63, 3.8) is 0 Å². The predicted octanol–water partition coefficient (Wildman–Crippen LogP) is 3.18. The minimum Gasteiger partial charge on any atom is -0.495 e. The number of anilines is 1. The summed E-state index contributed by atoms with van der Waals surface area (Å²) in [5.41, 5.74) is 0.265. The zero-order chi connectivity index (χ0) is 12.2. The van der Waals surface area contributed by atoms with Crippen molar-refractivity contribution >= 4 is 5.82 Å². The molecule has 1 heterocycles. The molecule has 0 saturated carbocycles. The molecule has 1 N–H and O–H groups in total. The lowest BCUT2D eigenvalue weighted by molar-refractivity contribution is 0.269. The summed E-state index contributed by atoms with van der Waals surface area (Å²) in [6, 6.07) is 3.85. The summed E-state index contributed by atoms with van der Waals surface area (Å²) in [4.78, 5) is 4.28. The second-order valence-electron chi connectivity index (χ2n) is 5.08. The van der Waals surface area contributed by atoms with Crippen molar-refractivity contribution in [2.24, 2.45) is 11.3 Å². The first-order chi connectivity index (χ1) is 7.45. The lowest BCUT2D eigenvalue weighted by Crippen LogP contribution is -2.28. The van der Waals surface area contributed by atoms with Gasteiger partial charge in [-0.2, -0.15) is 0 Å². The Labute approximate surface area is 98.2 Å². The van der Waals surface area contributed by atoms with Crippen LogP contribution in [0.2, 0.25) is 0 Å². The quantitative estimate of drug-likeness (QED) is 0.830. The highest BCUT2D eigenvalue weighted by molar-refractivity contribution is 5.37. The van der Waals surface area contributed by atoms with Gasteiger partial charge < -0.3 is 10.1 Å². The lowest BCUT2D eigenvalue weighted by atomic mass is 9.81. The Hall–Kier alpha value is -1.25. The van der Waals surface area contributed by atoms with Crippen LogP contribution >= 0.6 is 0 Å². The number of ether oxygens (including phenoxy) is 1. The van der Waals surface area contributed by atoms with E-state index in [0.29, 0.717) is 5.92 Å². The van der Waals surface area contributed by atoms with Crippen molar-refractivity contribution in [1.29, 1.82) is 0 Å². The Morgan fingerprint density at radius 2 is 2.06 bits per heavy atom. The third-order valence-electron chi connectivity index (χ3n) is 3.26. The molecular weight excluding hydrogens is 200 g/mol. The van der Waals surface area contributed by atoms with Crippen LogP contribution in [0.15, 0.2) is 18.3 Å². The van der Waals surface area contributed by atoms with Gasteiger partial charge in [-0.3, -0.25) is 0 Å². The fourth-order valence-electron chi connectivity index (χ4n) is 1.13. The van der Waals surface area contributed by atoms with Crippen LogP contribution in [0.1, 0.15) is 27.7 Å². The number of rotatable bonds is 5. The van der Waals surface area contributed by atoms with Crippen LogP contribution in [0.3, 0.4) is 0 Å². The van der Waals surface area contributed by atoms with Crippen LogP contribution in [0.25, 0.3) is 0 Å². The third-order valence-corrected chi connectivity index (χ3v) is 3.26. The molecule has 0 aliphatic carbocycles. The summed E-state index contributed by atoms with van der Waals surface area (Å²) in [5.74, 6) is 2.32. The molecule has 0 aliphatic rings. The number of pyridine rings is 1. The van der Waals surface area contributed by atoms with Gasteiger partial charge in [-0.25, -0.2) is 4.98 Å². The number of aromatic nitrogens is 1. The third kappa shape index (κ3) is 3.40. The summed E-state index contributed by atoms with van der Waals surface area (Å²) in [6.45, 7) is 9.92. The maximum Gasteiger partial charge on any atom is 0.137 e. The van der Waals surface area contributed by atoms with E-state index < -0.39 is 0 Å². The van der Waals surface area contributed by atoms with Crippen molar-refractivity contribution in [1.82, 2.24) is 4.98 Å². The molecular formula is C13H22N2O. The maximum absolute atomic E-state index is 5.06. The summed E-state index contributed by atoms with van der Waals surface area (Å²) in [5, 5.41) is 3.35. The van der Waals surface area contributed by atoms with Crippen molar-refractivity contribution in [3.8, 4) is 5.75 Å². The summed E-state index contributed by atoms with van der Waals surface area (Å²) < 4.78 is 5.06. The van der Waals surface area contributed by atoms with E-state index in [2.05, 4.69) is 38.0 Å². The molecule has 0 atom stereocenters. The molecule has 1 aromatic rings. The van der Waals surface area contributed by atoms with Gasteiger partial charge in [0.15, 0.2) is 0 Å². The zero-order valence-corrected chi connectivity index (χ0v) is 10.9. The van der Waals surface area contributed by atoms with Crippen molar-refractivity contribution in [3.05, 3.63) is 18.3 Å². The van der Waals surface area contributed by atoms with Gasteiger partial charge in [0.05, 0.1) is 13.3 Å². The molecule has 0 unspecified atom stereocenters. The number of hydrogen-bond donors (Lipinski definition) is 1. The Balaban J connectivity index is 2.54. The number of methoxy groups -OCH3 is 1. The Bertz CT molecular complexity index is 317. The first-order valence-electron chi connectivity index (χ1n) is 5.69. The molecule has 0 radical (unpaired) electrons. The molecule has 0 fully saturated rings. The lowest BCUT2D eigenvalue weighted by Gasteiger charge is -2.29. The standard InChI is InChI=1S/C13H22N2O/c1-10(2)13(3,4)9-15-12-7-6-11(16-5)8-14-12/h6-8,10H,9H2,1-5H3,(H,14,15). The van der Waals surface area contributed by atoms with Crippen LogP contribution in [-0.4, -0.2) is 18.6 Å². The fraction of sp³-hybridized carbons (Fsp3) is 0.615. The van der Waals surface area contributed by atoms with Crippen LogP contribution in [0.5, 0.6) is 5.75 Å². The Morgan fingerprint density at radius 1 is 1.38 bits per heavy atom. The van der Waals surface area contributed by atoms with Gasteiger partial charge in [0.1, 0.15) is 11.6 Å². The van der Waals surface area contributed by atoms with E-state index in [1.165, 1.54) is 0 Å². The van der Waals surface area contributed by atoms with Gasteiger partial charge in [-0.05, 0) is 23.5 Å². The smallest absolute Gasteiger partial charge is 0.137 e. The SMILES string of the molecule is COc1ccc(NCC(C)(C)C(C)C)nc1. The highest BCUT2D eigenvalue weighted by Crippen LogP contribution is 2.26. The van der Waals surface area contributed by atoms with Crippen LogP contribution in [-0.2, 0) is 0 Å². The van der Waals surface area contributed by atoms with E-state index in [1.807, 2.05) is 12.1 Å². The molecule has 0 amide bonds. The largest absolute Gasteiger partial charge is 0.495 e. The molecule has 0 saturated heterocycles. The van der Waals surface area contributed by atoms with E-state index in [0.717, 1.165) is 18.1 Å². The highest BCUT2D eigenvalue weighted by Gasteiger charge is 2.21. The highest BCUT2D eigenvalue weighted by atomic mass is 16.5. The summed E-state index contributed by atoms with van der Waals surface area (Å²) in [7, 11) is 1.64. The molecule has 16 heavy (non-hydrogen) atoms. The van der Waals surface area contributed by atoms with Crippen molar-refractivity contribution < 1.29 is 4.74 Å². The monoisotopic (exact) mass is 222 g/mol. The van der Waals surface area contributed by atoms with Gasteiger partial charge >= 0.3 is 0 Å². The molecule has 1 aromatic heterocycles. The predicted molar refractivity (Wildman–Crippen MR) is 67.9 cm³/mol. The van der Waals surface area contributed by atoms with Gasteiger partial charge in [0.2, 0.25) is 0 Å². The van der Waals surface area contributed by atoms with Gasteiger partial charge in [0, 0.05) is 6.54 Å². The van der Waals surface area contributed by atoms with E-state index in [4.69, 9.17) is 4.74 Å². The van der Waals surface area contributed by atoms with E-state index in [-0.39, 0.29) is 5.41 Å². The first-order valence-corrected chi connectivity index (χ1v) is 5.69. The van der Waals surface area contributed by atoms with Crippen LogP contribution in [0.4, 0.5) is 5.82 Å². The molecule has 0 spiro atoms. The summed E-state index contributed by atoms with van der Waals surface area (Å²) in [6.07, 6.45) is 1.73. The molecule has 3 nitrogen and oxygen atoms in total. The Kier molecular flexibility index (Phi) is 4.16. The van der Waals surface area contributed by atoms with Gasteiger partial charge in [-0.15, -0.1) is 0 Å². The molecule has 3 heteroatoms. The summed E-state index contributed by atoms with van der Waals surface area (Å²) >= 11 is 0. The second-order valence-corrected chi connectivity index (χ2v) is 5.08. The molecule has 1 rings (SSSR count). The molecule has 90 valence electrons. The zero-order valence-electron chi connectivity index (χ0n) is 10.9. The number of nitrogens with zero attached hydrogens (tertiary/aromatic N) is 1. The average Bonchev–Trinajstić information content (AvgIpc) is 2.27. The minimum absolute atomic E-state index is 0.265. The Morgan fingerprint density at radius 3 is 2.50 bits per heavy atom. The first kappa shape index (κ1) is 12.8. The van der Waals surface area contributed by atoms with E-state index in [9.17, 15) is 0 Å². The van der Waals surface area contributed by atoms with E-state index >= 15 is 0 Å². The van der Waals surface area contributed by atoms with Crippen molar-refractivity contribution in [2.75, 3.05) is 19.0 Å². The van der Waals surface area contributed by atoms with Gasteiger partial charge in [-0.1, -0.05) is 27.7 Å². The topological polar surface area (TPSA) is 34.1 Å². The number of hydrogen-bond acceptors (Lipinski definition) is 3. The minimum atomic E-state index is 0.265. The van der Waals surface area contributed by atoms with Crippen LogP contribution < -0.4 is 10.1 Å². The molecule has 0 aromatic carbocycles. The average molecular weight is 222 g/mol. The molecule has 0 bridgehead atoms. The second kappa shape index (κ2) is 5.19. The normalized spacial score (nSPS) is 11.6. The van der Waals surface area contributed by atoms with Crippen LogP contribution in [0, 0.1) is 11.3 Å².